The smallest absolute Gasteiger partial charge is 0.174 e. The molecule has 0 radical (unpaired) electrons. The highest BCUT2D eigenvalue weighted by atomic mass is 32.2. The van der Waals surface area contributed by atoms with E-state index < -0.39 is 0 Å². The molecule has 0 atom stereocenters. The number of nitrogens with two attached hydrogens (primary N) is 1. The summed E-state index contributed by atoms with van der Waals surface area (Å²) in [5.41, 5.74) is 8.84. The molecular weight excluding hydrogens is 302 g/mol. The molecule has 2 aromatic rings. The van der Waals surface area contributed by atoms with Crippen LogP contribution in [0.3, 0.4) is 0 Å². The number of nitrogens with zero attached hydrogens (tertiary/aromatic N) is 1. The second-order valence-corrected chi connectivity index (χ2v) is 6.44. The Kier molecular flexibility index (Phi) is 5.25. The van der Waals surface area contributed by atoms with Crippen molar-refractivity contribution in [1.29, 1.82) is 0 Å². The molecule has 0 aromatic carbocycles. The first-order valence-electron chi connectivity index (χ1n) is 6.72. The summed E-state index contributed by atoms with van der Waals surface area (Å²) in [5, 5.41) is 4.31. The molecule has 0 spiro atoms. The van der Waals surface area contributed by atoms with Crippen molar-refractivity contribution in [1.82, 2.24) is 4.98 Å². The number of Topliss-reactive ketones (excluding diaryl/α,β-unsaturated/α-hetero) is 1. The van der Waals surface area contributed by atoms with Crippen molar-refractivity contribution in [3.63, 3.8) is 0 Å². The van der Waals surface area contributed by atoms with Gasteiger partial charge >= 0.3 is 0 Å². The maximum absolute atomic E-state index is 11.9. The largest absolute Gasteiger partial charge is 0.396 e. The van der Waals surface area contributed by atoms with Crippen molar-refractivity contribution in [2.24, 2.45) is 0 Å². The standard InChI is InChI=1S/C15H19N3OS2/c1-4-11(19)13-12(16)14(20-3)15(21-13)18-8-10-9(2)6-5-7-17-10/h5-7,18H,4,8,16H2,1-3H3. The summed E-state index contributed by atoms with van der Waals surface area (Å²) in [6.45, 7) is 4.51. The van der Waals surface area contributed by atoms with Crippen LogP contribution in [0.1, 0.15) is 34.3 Å². The number of rotatable bonds is 6. The quantitative estimate of drug-likeness (QED) is 0.622. The molecule has 6 heteroatoms. The Labute approximate surface area is 133 Å². The summed E-state index contributed by atoms with van der Waals surface area (Å²) in [6.07, 6.45) is 4.22. The Bertz CT molecular complexity index is 652. The Morgan fingerprint density at radius 1 is 1.52 bits per heavy atom. The number of nitrogen functional groups attached to an aromatic ring is 1. The van der Waals surface area contributed by atoms with E-state index in [1.54, 1.807) is 18.0 Å². The lowest BCUT2D eigenvalue weighted by Crippen LogP contribution is -2.03. The summed E-state index contributed by atoms with van der Waals surface area (Å²) < 4.78 is 0. The number of carbonyl (C=O) groups excluding carboxylic acids is 1. The predicted octanol–water partition coefficient (Wildman–Crippen LogP) is 3.96. The summed E-state index contributed by atoms with van der Waals surface area (Å²) in [4.78, 5) is 17.9. The molecule has 112 valence electrons. The van der Waals surface area contributed by atoms with E-state index in [1.165, 1.54) is 11.3 Å². The van der Waals surface area contributed by atoms with E-state index in [-0.39, 0.29) is 5.78 Å². The van der Waals surface area contributed by atoms with E-state index in [1.807, 2.05) is 32.2 Å². The van der Waals surface area contributed by atoms with Crippen molar-refractivity contribution in [2.45, 2.75) is 31.7 Å². The van der Waals surface area contributed by atoms with Crippen molar-refractivity contribution in [3.8, 4) is 0 Å². The molecule has 21 heavy (non-hydrogen) atoms. The maximum Gasteiger partial charge on any atom is 0.174 e. The van der Waals surface area contributed by atoms with Crippen LogP contribution in [0.5, 0.6) is 0 Å². The molecule has 0 bridgehead atoms. The van der Waals surface area contributed by atoms with Gasteiger partial charge in [-0.25, -0.2) is 0 Å². The fourth-order valence-electron chi connectivity index (χ4n) is 1.98. The van der Waals surface area contributed by atoms with Crippen LogP contribution in [0.2, 0.25) is 0 Å². The van der Waals surface area contributed by atoms with Gasteiger partial charge in [-0.15, -0.1) is 23.1 Å². The molecule has 0 unspecified atom stereocenters. The van der Waals surface area contributed by atoms with Crippen LogP contribution in [-0.2, 0) is 6.54 Å². The first-order valence-corrected chi connectivity index (χ1v) is 8.76. The lowest BCUT2D eigenvalue weighted by atomic mass is 10.2. The lowest BCUT2D eigenvalue weighted by Gasteiger charge is -2.07. The third-order valence-electron chi connectivity index (χ3n) is 3.21. The SMILES string of the molecule is CCC(=O)c1sc(NCc2ncccc2C)c(SC)c1N. The van der Waals surface area contributed by atoms with E-state index in [4.69, 9.17) is 5.73 Å². The molecule has 0 aliphatic carbocycles. The minimum atomic E-state index is 0.0925. The Morgan fingerprint density at radius 3 is 2.90 bits per heavy atom. The molecule has 0 saturated carbocycles. The number of aryl methyl sites for hydroxylation is 1. The van der Waals surface area contributed by atoms with Crippen LogP contribution in [0.4, 0.5) is 10.7 Å². The average molecular weight is 321 g/mol. The molecule has 4 nitrogen and oxygen atoms in total. The van der Waals surface area contributed by atoms with Gasteiger partial charge in [0, 0.05) is 12.6 Å². The van der Waals surface area contributed by atoms with Crippen molar-refractivity contribution >= 4 is 39.6 Å². The molecule has 0 fully saturated rings. The number of nitrogens with one attached hydrogen (secondary N) is 1. The van der Waals surface area contributed by atoms with E-state index in [2.05, 4.69) is 10.3 Å². The van der Waals surface area contributed by atoms with Gasteiger partial charge in [0.15, 0.2) is 5.78 Å². The zero-order valence-electron chi connectivity index (χ0n) is 12.4. The molecule has 3 N–H and O–H groups in total. The van der Waals surface area contributed by atoms with E-state index in [0.29, 0.717) is 23.5 Å². The normalized spacial score (nSPS) is 10.6. The van der Waals surface area contributed by atoms with Crippen molar-refractivity contribution < 1.29 is 4.79 Å². The fourth-order valence-corrected chi connectivity index (χ4v) is 4.02. The van der Waals surface area contributed by atoms with Gasteiger partial charge in [-0.05, 0) is 24.8 Å². The number of aromatic nitrogens is 1. The number of pyridine rings is 1. The summed E-state index contributed by atoms with van der Waals surface area (Å²) in [5.74, 6) is 0.0925. The Morgan fingerprint density at radius 2 is 2.29 bits per heavy atom. The second-order valence-electron chi connectivity index (χ2n) is 4.60. The summed E-state index contributed by atoms with van der Waals surface area (Å²) >= 11 is 2.99. The van der Waals surface area contributed by atoms with Crippen LogP contribution in [0.15, 0.2) is 23.2 Å². The molecule has 0 aliphatic rings. The topological polar surface area (TPSA) is 68.0 Å². The number of thioether (sulfide) groups is 1. The second kappa shape index (κ2) is 6.95. The number of hydrogen-bond donors (Lipinski definition) is 2. The molecule has 2 rings (SSSR count). The van der Waals surface area contributed by atoms with Gasteiger partial charge in [0.25, 0.3) is 0 Å². The molecule has 0 saturated heterocycles. The Balaban J connectivity index is 2.24. The van der Waals surface area contributed by atoms with Crippen LogP contribution in [0.25, 0.3) is 0 Å². The van der Waals surface area contributed by atoms with Gasteiger partial charge in [-0.2, -0.15) is 0 Å². The molecule has 2 aromatic heterocycles. The first-order chi connectivity index (χ1) is 10.1. The maximum atomic E-state index is 11.9. The number of ketones is 1. The highest BCUT2D eigenvalue weighted by Crippen LogP contribution is 2.42. The van der Waals surface area contributed by atoms with E-state index in [9.17, 15) is 4.79 Å². The van der Waals surface area contributed by atoms with Gasteiger partial charge in [0.2, 0.25) is 0 Å². The Hall–Kier alpha value is -1.53. The van der Waals surface area contributed by atoms with E-state index in [0.717, 1.165) is 21.2 Å². The van der Waals surface area contributed by atoms with Crippen molar-refractivity contribution in [3.05, 3.63) is 34.5 Å². The van der Waals surface area contributed by atoms with Crippen LogP contribution >= 0.6 is 23.1 Å². The average Bonchev–Trinajstić information content (AvgIpc) is 2.81. The van der Waals surface area contributed by atoms with Gasteiger partial charge in [-0.3, -0.25) is 9.78 Å². The molecule has 2 heterocycles. The lowest BCUT2D eigenvalue weighted by molar-refractivity contribution is 0.0992. The highest BCUT2D eigenvalue weighted by molar-refractivity contribution is 7.99. The highest BCUT2D eigenvalue weighted by Gasteiger charge is 2.19. The monoisotopic (exact) mass is 321 g/mol. The minimum Gasteiger partial charge on any atom is -0.396 e. The zero-order chi connectivity index (χ0) is 15.4. The van der Waals surface area contributed by atoms with E-state index >= 15 is 0 Å². The number of hydrogen-bond acceptors (Lipinski definition) is 6. The predicted molar refractivity (Wildman–Crippen MR) is 91.4 cm³/mol. The third kappa shape index (κ3) is 3.39. The fraction of sp³-hybridized carbons (Fsp3) is 0.333. The van der Waals surface area contributed by atoms with Crippen LogP contribution in [0, 0.1) is 6.92 Å². The van der Waals surface area contributed by atoms with Gasteiger partial charge < -0.3 is 11.1 Å². The number of carbonyl (C=O) groups is 1. The molecule has 0 amide bonds. The van der Waals surface area contributed by atoms with Gasteiger partial charge in [0.1, 0.15) is 5.00 Å². The number of thiophene rings is 1. The van der Waals surface area contributed by atoms with Gasteiger partial charge in [0.05, 0.1) is 27.7 Å². The number of anilines is 2. The van der Waals surface area contributed by atoms with Crippen LogP contribution in [-0.4, -0.2) is 17.0 Å². The molecule has 0 aliphatic heterocycles. The van der Waals surface area contributed by atoms with Crippen molar-refractivity contribution in [2.75, 3.05) is 17.3 Å². The summed E-state index contributed by atoms with van der Waals surface area (Å²) in [7, 11) is 0. The van der Waals surface area contributed by atoms with Crippen LogP contribution < -0.4 is 11.1 Å². The minimum absolute atomic E-state index is 0.0925. The third-order valence-corrected chi connectivity index (χ3v) is 5.38. The first kappa shape index (κ1) is 15.9. The zero-order valence-corrected chi connectivity index (χ0v) is 14.0. The molecular formula is C15H19N3OS2. The summed E-state index contributed by atoms with van der Waals surface area (Å²) in [6, 6.07) is 3.96. The van der Waals surface area contributed by atoms with Gasteiger partial charge in [-0.1, -0.05) is 13.0 Å².